The van der Waals surface area contributed by atoms with E-state index in [1.165, 1.54) is 0 Å². The first-order chi connectivity index (χ1) is 12.0. The lowest BCUT2D eigenvalue weighted by molar-refractivity contribution is -0.142. The molecule has 0 heterocycles. The first-order valence-corrected chi connectivity index (χ1v) is 9.38. The van der Waals surface area contributed by atoms with Crippen molar-refractivity contribution in [2.75, 3.05) is 12.0 Å². The molecule has 1 aromatic rings. The summed E-state index contributed by atoms with van der Waals surface area (Å²) in [6.45, 7) is 1.78. The molecular formula is C18H24N2O4S. The van der Waals surface area contributed by atoms with Crippen LogP contribution in [0.3, 0.4) is 0 Å². The molecule has 6 nitrogen and oxygen atoms in total. The van der Waals surface area contributed by atoms with E-state index in [1.807, 2.05) is 6.26 Å². The van der Waals surface area contributed by atoms with Crippen LogP contribution < -0.4 is 10.6 Å². The van der Waals surface area contributed by atoms with E-state index in [4.69, 9.17) is 0 Å². The topological polar surface area (TPSA) is 95.5 Å². The van der Waals surface area contributed by atoms with Gasteiger partial charge in [0.1, 0.15) is 12.1 Å². The molecule has 25 heavy (non-hydrogen) atoms. The fourth-order valence-electron chi connectivity index (χ4n) is 2.10. The number of aliphatic carboxylic acids is 1. The lowest BCUT2D eigenvalue weighted by Crippen LogP contribution is -2.51. The fraction of sp³-hybridized carbons (Fsp3) is 0.389. The highest BCUT2D eigenvalue weighted by Gasteiger charge is 2.25. The summed E-state index contributed by atoms with van der Waals surface area (Å²) in [4.78, 5) is 36.0. The van der Waals surface area contributed by atoms with E-state index in [1.54, 1.807) is 61.2 Å². The number of carbonyl (C=O) groups is 3. The van der Waals surface area contributed by atoms with E-state index in [-0.39, 0.29) is 12.3 Å². The summed E-state index contributed by atoms with van der Waals surface area (Å²) in [5.74, 6) is -1.29. The van der Waals surface area contributed by atoms with E-state index in [2.05, 4.69) is 10.6 Å². The predicted molar refractivity (Wildman–Crippen MR) is 99.7 cm³/mol. The number of hydrogen-bond donors (Lipinski definition) is 3. The third kappa shape index (κ3) is 7.43. The van der Waals surface area contributed by atoms with Crippen LogP contribution in [0, 0.1) is 0 Å². The van der Waals surface area contributed by atoms with Gasteiger partial charge < -0.3 is 15.7 Å². The molecule has 0 aliphatic carbocycles. The van der Waals surface area contributed by atoms with Crippen LogP contribution in [0.4, 0.5) is 0 Å². The van der Waals surface area contributed by atoms with E-state index in [0.29, 0.717) is 17.7 Å². The Hall–Kier alpha value is -2.28. The highest BCUT2D eigenvalue weighted by molar-refractivity contribution is 7.98. The monoisotopic (exact) mass is 364 g/mol. The van der Waals surface area contributed by atoms with E-state index in [9.17, 15) is 19.5 Å². The first-order valence-electron chi connectivity index (χ1n) is 7.98. The van der Waals surface area contributed by atoms with Crippen LogP contribution in [0.15, 0.2) is 42.5 Å². The Balaban J connectivity index is 2.80. The molecule has 0 saturated carbocycles. The second-order valence-corrected chi connectivity index (χ2v) is 6.36. The highest BCUT2D eigenvalue weighted by Crippen LogP contribution is 2.05. The van der Waals surface area contributed by atoms with E-state index >= 15 is 0 Å². The number of benzene rings is 1. The molecule has 0 fully saturated rings. The van der Waals surface area contributed by atoms with Crippen molar-refractivity contribution in [3.05, 3.63) is 48.0 Å². The van der Waals surface area contributed by atoms with Crippen LogP contribution >= 0.6 is 11.8 Å². The maximum absolute atomic E-state index is 12.5. The number of nitrogens with one attached hydrogen (secondary N) is 2. The number of thioether (sulfide) groups is 1. The summed E-state index contributed by atoms with van der Waals surface area (Å²) in [6, 6.07) is 6.79. The lowest BCUT2D eigenvalue weighted by atomic mass is 10.1. The van der Waals surface area contributed by atoms with Gasteiger partial charge in [-0.25, -0.2) is 4.79 Å². The van der Waals surface area contributed by atoms with Crippen LogP contribution in [0.25, 0.3) is 0 Å². The summed E-state index contributed by atoms with van der Waals surface area (Å²) in [5, 5.41) is 14.4. The minimum Gasteiger partial charge on any atom is -0.480 e. The van der Waals surface area contributed by atoms with E-state index in [0.717, 1.165) is 0 Å². The van der Waals surface area contributed by atoms with Crippen LogP contribution in [-0.2, 0) is 9.59 Å². The second-order valence-electron chi connectivity index (χ2n) is 5.38. The Bertz CT molecular complexity index is 604. The Labute approximate surface area is 152 Å². The molecule has 1 rings (SSSR count). The molecule has 2 unspecified atom stereocenters. The fourth-order valence-corrected chi connectivity index (χ4v) is 2.57. The van der Waals surface area contributed by atoms with Gasteiger partial charge in [-0.05, 0) is 43.9 Å². The van der Waals surface area contributed by atoms with Crippen molar-refractivity contribution < 1.29 is 19.5 Å². The number of rotatable bonds is 10. The molecule has 0 saturated heterocycles. The Morgan fingerprint density at radius 2 is 1.84 bits per heavy atom. The Morgan fingerprint density at radius 1 is 1.16 bits per heavy atom. The number of amides is 2. The van der Waals surface area contributed by atoms with Gasteiger partial charge in [0, 0.05) is 5.56 Å². The summed E-state index contributed by atoms with van der Waals surface area (Å²) >= 11 is 1.55. The zero-order chi connectivity index (χ0) is 18.7. The van der Waals surface area contributed by atoms with Crippen molar-refractivity contribution in [2.45, 2.75) is 31.8 Å². The Kier molecular flexibility index (Phi) is 9.39. The molecule has 0 aromatic heterocycles. The van der Waals surface area contributed by atoms with Crippen molar-refractivity contribution in [2.24, 2.45) is 0 Å². The minimum atomic E-state index is -1.11. The van der Waals surface area contributed by atoms with Crippen molar-refractivity contribution in [1.82, 2.24) is 10.6 Å². The standard InChI is InChI=1S/C18H24N2O4S/c1-3-4-10-15(18(23)24)20-17(22)14(11-12-25-2)19-16(21)13-8-6-5-7-9-13/h3-9,14-15H,10-12H2,1-2H3,(H,19,21)(H,20,22)(H,23,24)/b4-3+. The van der Waals surface area contributed by atoms with Gasteiger partial charge >= 0.3 is 5.97 Å². The maximum atomic E-state index is 12.5. The third-order valence-electron chi connectivity index (χ3n) is 3.49. The summed E-state index contributed by atoms with van der Waals surface area (Å²) < 4.78 is 0. The molecule has 2 atom stereocenters. The highest BCUT2D eigenvalue weighted by atomic mass is 32.2. The molecule has 136 valence electrons. The Morgan fingerprint density at radius 3 is 2.40 bits per heavy atom. The van der Waals surface area contributed by atoms with Crippen LogP contribution in [-0.4, -0.2) is 47.0 Å². The largest absolute Gasteiger partial charge is 0.480 e. The molecule has 1 aromatic carbocycles. The lowest BCUT2D eigenvalue weighted by Gasteiger charge is -2.21. The molecule has 3 N–H and O–H groups in total. The number of carboxylic acids is 1. The van der Waals surface area contributed by atoms with Gasteiger partial charge in [-0.1, -0.05) is 30.4 Å². The van der Waals surface area contributed by atoms with Gasteiger partial charge in [0.05, 0.1) is 0 Å². The summed E-state index contributed by atoms with van der Waals surface area (Å²) in [5.41, 5.74) is 0.452. The summed E-state index contributed by atoms with van der Waals surface area (Å²) in [6.07, 6.45) is 5.92. The van der Waals surface area contributed by atoms with Crippen molar-refractivity contribution in [3.63, 3.8) is 0 Å². The van der Waals surface area contributed by atoms with Gasteiger partial charge in [0.15, 0.2) is 0 Å². The van der Waals surface area contributed by atoms with Gasteiger partial charge in [-0.15, -0.1) is 0 Å². The van der Waals surface area contributed by atoms with Crippen LogP contribution in [0.1, 0.15) is 30.1 Å². The zero-order valence-corrected chi connectivity index (χ0v) is 15.2. The quantitative estimate of drug-likeness (QED) is 0.553. The average Bonchev–Trinajstić information content (AvgIpc) is 2.62. The third-order valence-corrected chi connectivity index (χ3v) is 4.13. The zero-order valence-electron chi connectivity index (χ0n) is 14.4. The molecular weight excluding hydrogens is 340 g/mol. The number of carboxylic acid groups (broad SMARTS) is 1. The van der Waals surface area contributed by atoms with Gasteiger partial charge in [0.2, 0.25) is 5.91 Å². The summed E-state index contributed by atoms with van der Waals surface area (Å²) in [7, 11) is 0. The number of hydrogen-bond acceptors (Lipinski definition) is 4. The second kappa shape index (κ2) is 11.3. The normalized spacial score (nSPS) is 13.2. The average molecular weight is 364 g/mol. The maximum Gasteiger partial charge on any atom is 0.326 e. The molecule has 0 aliphatic rings. The molecule has 2 amide bonds. The van der Waals surface area contributed by atoms with Crippen LogP contribution in [0.5, 0.6) is 0 Å². The van der Waals surface area contributed by atoms with Crippen molar-refractivity contribution in [1.29, 1.82) is 0 Å². The van der Waals surface area contributed by atoms with Gasteiger partial charge in [-0.2, -0.15) is 11.8 Å². The predicted octanol–water partition coefficient (Wildman–Crippen LogP) is 2.07. The van der Waals surface area contributed by atoms with Crippen molar-refractivity contribution in [3.8, 4) is 0 Å². The molecule has 0 aliphatic heterocycles. The minimum absolute atomic E-state index is 0.194. The molecule has 0 bridgehead atoms. The van der Waals surface area contributed by atoms with Gasteiger partial charge in [0.25, 0.3) is 5.91 Å². The van der Waals surface area contributed by atoms with E-state index < -0.39 is 24.0 Å². The van der Waals surface area contributed by atoms with Crippen LogP contribution in [0.2, 0.25) is 0 Å². The van der Waals surface area contributed by atoms with Crippen molar-refractivity contribution >= 4 is 29.5 Å². The van der Waals surface area contributed by atoms with Gasteiger partial charge in [-0.3, -0.25) is 9.59 Å². The number of allylic oxidation sites excluding steroid dienone is 1. The molecule has 0 radical (unpaired) electrons. The SMILES string of the molecule is C/C=C/CC(NC(=O)C(CCSC)NC(=O)c1ccccc1)C(=O)O. The molecule has 0 spiro atoms. The molecule has 7 heteroatoms. The smallest absolute Gasteiger partial charge is 0.326 e. The number of carbonyl (C=O) groups excluding carboxylic acids is 2. The first kappa shape index (κ1) is 20.8.